The molecule has 0 spiro atoms. The lowest BCUT2D eigenvalue weighted by molar-refractivity contribution is -0.137. The minimum atomic E-state index is -0.913. The van der Waals surface area contributed by atoms with E-state index in [1.54, 1.807) is 4.90 Å². The number of amides is 1. The van der Waals surface area contributed by atoms with Crippen molar-refractivity contribution in [3.05, 3.63) is 34.4 Å². The average Bonchev–Trinajstić information content (AvgIpc) is 2.76. The van der Waals surface area contributed by atoms with Gasteiger partial charge in [0, 0.05) is 23.5 Å². The Morgan fingerprint density at radius 1 is 1.33 bits per heavy atom. The number of halogens is 1. The SMILES string of the molecule is CC(C)N(CCC(=O)O)C(=O)c1[nH]c2ccccc2c1Br. The van der Waals surface area contributed by atoms with Crippen LogP contribution in [0.15, 0.2) is 28.7 Å². The summed E-state index contributed by atoms with van der Waals surface area (Å²) in [5.41, 5.74) is 1.32. The van der Waals surface area contributed by atoms with Gasteiger partial charge < -0.3 is 15.0 Å². The predicted octanol–water partition coefficient (Wildman–Crippen LogP) is 3.26. The largest absolute Gasteiger partial charge is 0.481 e. The monoisotopic (exact) mass is 352 g/mol. The zero-order valence-electron chi connectivity index (χ0n) is 11.9. The Morgan fingerprint density at radius 2 is 2.00 bits per heavy atom. The fourth-order valence-electron chi connectivity index (χ4n) is 2.21. The van der Waals surface area contributed by atoms with Crippen molar-refractivity contribution in [3.63, 3.8) is 0 Å². The highest BCUT2D eigenvalue weighted by atomic mass is 79.9. The van der Waals surface area contributed by atoms with Crippen LogP contribution in [0, 0.1) is 0 Å². The summed E-state index contributed by atoms with van der Waals surface area (Å²) < 4.78 is 0.712. The van der Waals surface area contributed by atoms with Crippen LogP contribution in [0.1, 0.15) is 30.8 Å². The van der Waals surface area contributed by atoms with Gasteiger partial charge in [-0.05, 0) is 35.8 Å². The van der Waals surface area contributed by atoms with Crippen molar-refractivity contribution in [2.24, 2.45) is 0 Å². The molecule has 1 heterocycles. The highest BCUT2D eigenvalue weighted by Crippen LogP contribution is 2.28. The zero-order valence-corrected chi connectivity index (χ0v) is 13.5. The number of nitrogens with one attached hydrogen (secondary N) is 1. The van der Waals surface area contributed by atoms with Crippen molar-refractivity contribution in [1.29, 1.82) is 0 Å². The molecule has 0 fully saturated rings. The molecule has 2 N–H and O–H groups in total. The first-order valence-corrected chi connectivity index (χ1v) is 7.50. The number of aromatic nitrogens is 1. The number of carboxylic acid groups (broad SMARTS) is 1. The number of fused-ring (bicyclic) bond motifs is 1. The lowest BCUT2D eigenvalue weighted by Crippen LogP contribution is -2.38. The van der Waals surface area contributed by atoms with Crippen LogP contribution in [0.4, 0.5) is 0 Å². The molecule has 0 aliphatic heterocycles. The number of carbonyl (C=O) groups excluding carboxylic acids is 1. The predicted molar refractivity (Wildman–Crippen MR) is 84.4 cm³/mol. The third-order valence-electron chi connectivity index (χ3n) is 3.31. The minimum Gasteiger partial charge on any atom is -0.481 e. The summed E-state index contributed by atoms with van der Waals surface area (Å²) in [6.07, 6.45) is -0.0677. The van der Waals surface area contributed by atoms with E-state index in [1.807, 2.05) is 38.1 Å². The highest BCUT2D eigenvalue weighted by Gasteiger charge is 2.24. The Morgan fingerprint density at radius 3 is 2.57 bits per heavy atom. The van der Waals surface area contributed by atoms with Crippen molar-refractivity contribution in [3.8, 4) is 0 Å². The van der Waals surface area contributed by atoms with Gasteiger partial charge in [0.25, 0.3) is 5.91 Å². The average molecular weight is 353 g/mol. The Bertz CT molecular complexity index is 679. The summed E-state index contributed by atoms with van der Waals surface area (Å²) in [7, 11) is 0. The normalized spacial score (nSPS) is 11.0. The van der Waals surface area contributed by atoms with Gasteiger partial charge in [-0.25, -0.2) is 0 Å². The number of aromatic amines is 1. The van der Waals surface area contributed by atoms with Gasteiger partial charge >= 0.3 is 5.97 Å². The number of carbonyl (C=O) groups is 2. The van der Waals surface area contributed by atoms with E-state index in [2.05, 4.69) is 20.9 Å². The molecular weight excluding hydrogens is 336 g/mol. The minimum absolute atomic E-state index is 0.0677. The lowest BCUT2D eigenvalue weighted by atomic mass is 10.2. The van der Waals surface area contributed by atoms with Gasteiger partial charge in [0.05, 0.1) is 10.9 Å². The first kappa shape index (κ1) is 15.6. The summed E-state index contributed by atoms with van der Waals surface area (Å²) in [6, 6.07) is 7.54. The number of hydrogen-bond acceptors (Lipinski definition) is 2. The van der Waals surface area contributed by atoms with Crippen molar-refractivity contribution < 1.29 is 14.7 Å². The van der Waals surface area contributed by atoms with Crippen LogP contribution in [0.5, 0.6) is 0 Å². The number of para-hydroxylation sites is 1. The third-order valence-corrected chi connectivity index (χ3v) is 4.13. The third kappa shape index (κ3) is 3.26. The Labute approximate surface area is 131 Å². The molecule has 0 bridgehead atoms. The number of benzene rings is 1. The van der Waals surface area contributed by atoms with Crippen LogP contribution < -0.4 is 0 Å². The van der Waals surface area contributed by atoms with E-state index in [-0.39, 0.29) is 24.9 Å². The molecule has 0 saturated carbocycles. The lowest BCUT2D eigenvalue weighted by Gasteiger charge is -2.25. The van der Waals surface area contributed by atoms with Crippen molar-refractivity contribution >= 4 is 38.7 Å². The maximum atomic E-state index is 12.7. The Balaban J connectivity index is 2.34. The van der Waals surface area contributed by atoms with Gasteiger partial charge in [-0.15, -0.1) is 0 Å². The van der Waals surface area contributed by atoms with Crippen LogP contribution in [-0.4, -0.2) is 39.5 Å². The van der Waals surface area contributed by atoms with Gasteiger partial charge in [0.1, 0.15) is 5.69 Å². The van der Waals surface area contributed by atoms with E-state index in [4.69, 9.17) is 5.11 Å². The molecule has 1 aromatic heterocycles. The molecule has 1 amide bonds. The summed E-state index contributed by atoms with van der Waals surface area (Å²) in [6.45, 7) is 3.93. The standard InChI is InChI=1S/C15H17BrN2O3/c1-9(2)18(8-7-12(19)20)15(21)14-13(16)10-5-3-4-6-11(10)17-14/h3-6,9,17H,7-8H2,1-2H3,(H,19,20). The van der Waals surface area contributed by atoms with Crippen LogP contribution in [0.3, 0.4) is 0 Å². The first-order chi connectivity index (χ1) is 9.91. The van der Waals surface area contributed by atoms with E-state index in [1.165, 1.54) is 0 Å². The van der Waals surface area contributed by atoms with E-state index in [0.29, 0.717) is 10.2 Å². The fourth-order valence-corrected chi connectivity index (χ4v) is 2.82. The Kier molecular flexibility index (Phi) is 4.67. The quantitative estimate of drug-likeness (QED) is 0.867. The second-order valence-electron chi connectivity index (χ2n) is 5.10. The summed E-state index contributed by atoms with van der Waals surface area (Å²) in [4.78, 5) is 28.1. The molecule has 0 saturated heterocycles. The molecule has 6 heteroatoms. The molecule has 0 aliphatic rings. The van der Waals surface area contributed by atoms with Crippen LogP contribution in [0.25, 0.3) is 10.9 Å². The van der Waals surface area contributed by atoms with Crippen molar-refractivity contribution in [2.75, 3.05) is 6.54 Å². The van der Waals surface area contributed by atoms with Crippen LogP contribution in [-0.2, 0) is 4.79 Å². The zero-order chi connectivity index (χ0) is 15.6. The maximum Gasteiger partial charge on any atom is 0.305 e. The Hall–Kier alpha value is -1.82. The second-order valence-corrected chi connectivity index (χ2v) is 5.89. The van der Waals surface area contributed by atoms with E-state index in [0.717, 1.165) is 10.9 Å². The topological polar surface area (TPSA) is 73.4 Å². The van der Waals surface area contributed by atoms with Gasteiger partial charge in [-0.2, -0.15) is 0 Å². The molecule has 2 aromatic rings. The van der Waals surface area contributed by atoms with Gasteiger partial charge in [0.2, 0.25) is 0 Å². The number of hydrogen-bond donors (Lipinski definition) is 2. The van der Waals surface area contributed by atoms with Crippen molar-refractivity contribution in [2.45, 2.75) is 26.3 Å². The molecule has 21 heavy (non-hydrogen) atoms. The van der Waals surface area contributed by atoms with Crippen molar-refractivity contribution in [1.82, 2.24) is 9.88 Å². The molecule has 0 aliphatic carbocycles. The first-order valence-electron chi connectivity index (χ1n) is 6.70. The molecule has 0 unspecified atom stereocenters. The summed E-state index contributed by atoms with van der Waals surface area (Å²) in [5, 5.41) is 9.74. The molecule has 0 atom stereocenters. The smallest absolute Gasteiger partial charge is 0.305 e. The maximum absolute atomic E-state index is 12.7. The summed E-state index contributed by atoms with van der Waals surface area (Å²) in [5.74, 6) is -1.11. The molecule has 0 radical (unpaired) electrons. The fraction of sp³-hybridized carbons (Fsp3) is 0.333. The van der Waals surface area contributed by atoms with Gasteiger partial charge in [-0.3, -0.25) is 9.59 Å². The molecule has 1 aromatic carbocycles. The molecular formula is C15H17BrN2O3. The number of rotatable bonds is 5. The molecule has 2 rings (SSSR count). The van der Waals surface area contributed by atoms with Crippen LogP contribution in [0.2, 0.25) is 0 Å². The number of carboxylic acids is 1. The number of nitrogens with zero attached hydrogens (tertiary/aromatic N) is 1. The van der Waals surface area contributed by atoms with Gasteiger partial charge in [0.15, 0.2) is 0 Å². The van der Waals surface area contributed by atoms with Gasteiger partial charge in [-0.1, -0.05) is 18.2 Å². The van der Waals surface area contributed by atoms with E-state index >= 15 is 0 Å². The number of aliphatic carboxylic acids is 1. The van der Waals surface area contributed by atoms with E-state index in [9.17, 15) is 9.59 Å². The molecule has 112 valence electrons. The van der Waals surface area contributed by atoms with Crippen LogP contribution >= 0.6 is 15.9 Å². The summed E-state index contributed by atoms with van der Waals surface area (Å²) >= 11 is 3.45. The number of H-pyrrole nitrogens is 1. The van der Waals surface area contributed by atoms with E-state index < -0.39 is 5.97 Å². The second kappa shape index (κ2) is 6.30. The molecule has 5 nitrogen and oxygen atoms in total. The highest BCUT2D eigenvalue weighted by molar-refractivity contribution is 9.10.